The minimum absolute atomic E-state index is 0.135. The maximum absolute atomic E-state index is 12.2. The third-order valence-electron chi connectivity index (χ3n) is 3.44. The maximum Gasteiger partial charge on any atom is 0.241 e. The molecule has 0 unspecified atom stereocenters. The fraction of sp³-hybridized carbons (Fsp3) is 0.235. The van der Waals surface area contributed by atoms with Crippen LogP contribution in [0.5, 0.6) is 0 Å². The lowest BCUT2D eigenvalue weighted by atomic mass is 10.1. The Balaban J connectivity index is 2.00. The van der Waals surface area contributed by atoms with Crippen LogP contribution in [0.4, 0.5) is 0 Å². The molecule has 0 aliphatic rings. The van der Waals surface area contributed by atoms with E-state index in [1.807, 2.05) is 37.3 Å². The van der Waals surface area contributed by atoms with E-state index in [2.05, 4.69) is 10.0 Å². The second-order valence-electron chi connectivity index (χ2n) is 5.30. The summed E-state index contributed by atoms with van der Waals surface area (Å²) < 4.78 is 26.8. The molecule has 0 spiro atoms. The van der Waals surface area contributed by atoms with E-state index in [1.165, 1.54) is 19.1 Å². The van der Waals surface area contributed by atoms with Crippen molar-refractivity contribution in [2.45, 2.75) is 30.8 Å². The van der Waals surface area contributed by atoms with E-state index in [0.29, 0.717) is 0 Å². The van der Waals surface area contributed by atoms with Gasteiger partial charge in [-0.1, -0.05) is 48.5 Å². The lowest BCUT2D eigenvalue weighted by molar-refractivity contribution is -0.123. The first kappa shape index (κ1) is 17.2. The highest BCUT2D eigenvalue weighted by Gasteiger charge is 2.22. The molecule has 0 fully saturated rings. The van der Waals surface area contributed by atoms with Gasteiger partial charge in [0, 0.05) is 0 Å². The Kier molecular flexibility index (Phi) is 5.52. The molecule has 0 saturated carbocycles. The van der Waals surface area contributed by atoms with Crippen LogP contribution in [0, 0.1) is 0 Å². The molecule has 0 aromatic heterocycles. The van der Waals surface area contributed by atoms with E-state index in [1.54, 1.807) is 18.2 Å². The minimum Gasteiger partial charge on any atom is -0.348 e. The largest absolute Gasteiger partial charge is 0.348 e. The van der Waals surface area contributed by atoms with Crippen molar-refractivity contribution in [3.8, 4) is 0 Å². The molecule has 2 aromatic carbocycles. The molecule has 0 aliphatic heterocycles. The lowest BCUT2D eigenvalue weighted by Gasteiger charge is -2.19. The van der Waals surface area contributed by atoms with Crippen LogP contribution in [0.3, 0.4) is 0 Å². The highest BCUT2D eigenvalue weighted by atomic mass is 32.2. The molecule has 0 saturated heterocycles. The summed E-state index contributed by atoms with van der Waals surface area (Å²) in [5.41, 5.74) is 0.957. The average molecular weight is 332 g/mol. The summed E-state index contributed by atoms with van der Waals surface area (Å²) in [6, 6.07) is 16.4. The SMILES string of the molecule is C[C@@H](NS(=O)(=O)c1ccccc1)C(=O)N[C@H](C)c1ccccc1. The second kappa shape index (κ2) is 7.39. The normalized spacial score (nSPS) is 14.0. The van der Waals surface area contributed by atoms with Gasteiger partial charge in [-0.3, -0.25) is 4.79 Å². The fourth-order valence-electron chi connectivity index (χ4n) is 2.12. The molecule has 2 N–H and O–H groups in total. The number of hydrogen-bond acceptors (Lipinski definition) is 3. The Labute approximate surface area is 136 Å². The highest BCUT2D eigenvalue weighted by Crippen LogP contribution is 2.12. The summed E-state index contributed by atoms with van der Waals surface area (Å²) in [7, 11) is -3.72. The molecule has 6 heteroatoms. The first-order chi connectivity index (χ1) is 10.9. The smallest absolute Gasteiger partial charge is 0.241 e. The van der Waals surface area contributed by atoms with Gasteiger partial charge in [-0.05, 0) is 31.5 Å². The standard InChI is InChI=1S/C17H20N2O3S/c1-13(15-9-5-3-6-10-15)18-17(20)14(2)19-23(21,22)16-11-7-4-8-12-16/h3-14,19H,1-2H3,(H,18,20)/t13-,14-/m1/s1. The Morgan fingerprint density at radius 3 is 2.00 bits per heavy atom. The van der Waals surface area contributed by atoms with Crippen molar-refractivity contribution in [1.82, 2.24) is 10.0 Å². The van der Waals surface area contributed by atoms with Crippen LogP contribution in [-0.4, -0.2) is 20.4 Å². The molecular weight excluding hydrogens is 312 g/mol. The van der Waals surface area contributed by atoms with Crippen molar-refractivity contribution in [2.75, 3.05) is 0 Å². The van der Waals surface area contributed by atoms with Gasteiger partial charge in [-0.15, -0.1) is 0 Å². The van der Waals surface area contributed by atoms with Gasteiger partial charge >= 0.3 is 0 Å². The summed E-state index contributed by atoms with van der Waals surface area (Å²) in [4.78, 5) is 12.3. The zero-order chi connectivity index (χ0) is 16.9. The monoisotopic (exact) mass is 332 g/mol. The fourth-order valence-corrected chi connectivity index (χ4v) is 3.34. The van der Waals surface area contributed by atoms with E-state index in [4.69, 9.17) is 0 Å². The van der Waals surface area contributed by atoms with Gasteiger partial charge in [0.1, 0.15) is 0 Å². The van der Waals surface area contributed by atoms with E-state index in [0.717, 1.165) is 5.56 Å². The van der Waals surface area contributed by atoms with E-state index in [9.17, 15) is 13.2 Å². The first-order valence-corrected chi connectivity index (χ1v) is 8.81. The van der Waals surface area contributed by atoms with Gasteiger partial charge in [0.05, 0.1) is 17.0 Å². The third-order valence-corrected chi connectivity index (χ3v) is 4.99. The summed E-state index contributed by atoms with van der Waals surface area (Å²) in [6.45, 7) is 3.37. The molecule has 1 amide bonds. The maximum atomic E-state index is 12.2. The number of carbonyl (C=O) groups excluding carboxylic acids is 1. The molecule has 122 valence electrons. The van der Waals surface area contributed by atoms with Gasteiger partial charge in [-0.2, -0.15) is 4.72 Å². The molecule has 23 heavy (non-hydrogen) atoms. The van der Waals surface area contributed by atoms with Crippen molar-refractivity contribution in [2.24, 2.45) is 0 Å². The number of rotatable bonds is 6. The van der Waals surface area contributed by atoms with Crippen LogP contribution >= 0.6 is 0 Å². The zero-order valence-corrected chi connectivity index (χ0v) is 13.9. The van der Waals surface area contributed by atoms with E-state index >= 15 is 0 Å². The molecule has 2 rings (SSSR count). The topological polar surface area (TPSA) is 75.3 Å². The molecule has 5 nitrogen and oxygen atoms in total. The summed E-state index contributed by atoms with van der Waals surface area (Å²) in [5.74, 6) is -0.374. The molecular formula is C17H20N2O3S. The number of hydrogen-bond donors (Lipinski definition) is 2. The minimum atomic E-state index is -3.72. The summed E-state index contributed by atoms with van der Waals surface area (Å²) >= 11 is 0. The molecule has 0 radical (unpaired) electrons. The summed E-state index contributed by atoms with van der Waals surface area (Å²) in [5, 5.41) is 2.80. The Hall–Kier alpha value is -2.18. The second-order valence-corrected chi connectivity index (χ2v) is 7.01. The Morgan fingerprint density at radius 2 is 1.43 bits per heavy atom. The number of amides is 1. The third kappa shape index (κ3) is 4.64. The number of benzene rings is 2. The van der Waals surface area contributed by atoms with Gasteiger partial charge in [0.2, 0.25) is 15.9 Å². The Bertz CT molecular complexity index is 746. The zero-order valence-electron chi connectivity index (χ0n) is 13.1. The van der Waals surface area contributed by atoms with Gasteiger partial charge in [0.25, 0.3) is 0 Å². The molecule has 2 aromatic rings. The quantitative estimate of drug-likeness (QED) is 0.852. The first-order valence-electron chi connectivity index (χ1n) is 7.33. The Morgan fingerprint density at radius 1 is 0.913 bits per heavy atom. The number of sulfonamides is 1. The molecule has 0 heterocycles. The predicted molar refractivity (Wildman–Crippen MR) is 89.2 cm³/mol. The van der Waals surface area contributed by atoms with Crippen LogP contribution in [0.15, 0.2) is 65.6 Å². The van der Waals surface area contributed by atoms with Crippen molar-refractivity contribution in [3.05, 3.63) is 66.2 Å². The number of nitrogens with one attached hydrogen (secondary N) is 2. The van der Waals surface area contributed by atoms with E-state index in [-0.39, 0.29) is 16.8 Å². The molecule has 0 bridgehead atoms. The van der Waals surface area contributed by atoms with Crippen molar-refractivity contribution in [1.29, 1.82) is 0 Å². The van der Waals surface area contributed by atoms with Crippen LogP contribution in [0.25, 0.3) is 0 Å². The molecule has 0 aliphatic carbocycles. The average Bonchev–Trinajstić information content (AvgIpc) is 2.56. The van der Waals surface area contributed by atoms with Crippen LogP contribution < -0.4 is 10.0 Å². The summed E-state index contributed by atoms with van der Waals surface area (Å²) in [6.07, 6.45) is 0. The van der Waals surface area contributed by atoms with Crippen molar-refractivity contribution >= 4 is 15.9 Å². The van der Waals surface area contributed by atoms with Crippen molar-refractivity contribution in [3.63, 3.8) is 0 Å². The van der Waals surface area contributed by atoms with Gasteiger partial charge in [0.15, 0.2) is 0 Å². The highest BCUT2D eigenvalue weighted by molar-refractivity contribution is 7.89. The van der Waals surface area contributed by atoms with Crippen LogP contribution in [0.2, 0.25) is 0 Å². The predicted octanol–water partition coefficient (Wildman–Crippen LogP) is 2.23. The van der Waals surface area contributed by atoms with Crippen molar-refractivity contribution < 1.29 is 13.2 Å². The lowest BCUT2D eigenvalue weighted by Crippen LogP contribution is -2.45. The van der Waals surface area contributed by atoms with Crippen LogP contribution in [0.1, 0.15) is 25.5 Å². The van der Waals surface area contributed by atoms with Gasteiger partial charge in [-0.25, -0.2) is 8.42 Å². The van der Waals surface area contributed by atoms with Gasteiger partial charge < -0.3 is 5.32 Å². The van der Waals surface area contributed by atoms with E-state index < -0.39 is 16.1 Å². The van der Waals surface area contributed by atoms with Crippen LogP contribution in [-0.2, 0) is 14.8 Å². The number of carbonyl (C=O) groups is 1. The molecule has 2 atom stereocenters.